The highest BCUT2D eigenvalue weighted by atomic mass is 35.5. The van der Waals surface area contributed by atoms with Crippen LogP contribution in [-0.2, 0) is 4.74 Å². The number of hydrogen-bond donors (Lipinski definition) is 2. The molecule has 0 saturated heterocycles. The van der Waals surface area contributed by atoms with Crippen LogP contribution in [0.3, 0.4) is 0 Å². The second kappa shape index (κ2) is 5.53. The van der Waals surface area contributed by atoms with Crippen LogP contribution >= 0.6 is 11.6 Å². The van der Waals surface area contributed by atoms with Crippen LogP contribution in [0.25, 0.3) is 0 Å². The number of methoxy groups -OCH3 is 1. The number of aromatic nitrogens is 1. The van der Waals surface area contributed by atoms with Gasteiger partial charge in [0.25, 0.3) is 0 Å². The molecule has 0 saturated carbocycles. The molecule has 0 radical (unpaired) electrons. The summed E-state index contributed by atoms with van der Waals surface area (Å²) in [7, 11) is 1.58. The van der Waals surface area contributed by atoms with Crippen molar-refractivity contribution in [2.75, 3.05) is 25.6 Å². The molecular weight excluding hydrogens is 220 g/mol. The maximum Gasteiger partial charge on any atom is 0.337 e. The van der Waals surface area contributed by atoms with E-state index in [0.717, 1.165) is 0 Å². The molecule has 2 N–H and O–H groups in total. The lowest BCUT2D eigenvalue weighted by Gasteiger charge is -2.06. The number of hydrogen-bond acceptors (Lipinski definition) is 4. The second-order valence-corrected chi connectivity index (χ2v) is 3.18. The van der Waals surface area contributed by atoms with Crippen LogP contribution in [0.4, 0.5) is 5.82 Å². The molecule has 0 spiro atoms. The number of halogens is 1. The van der Waals surface area contributed by atoms with Crippen LogP contribution in [0.5, 0.6) is 0 Å². The van der Waals surface area contributed by atoms with Gasteiger partial charge in [0.05, 0.1) is 17.2 Å². The Labute approximate surface area is 92.0 Å². The minimum Gasteiger partial charge on any atom is -0.478 e. The number of rotatable bonds is 5. The van der Waals surface area contributed by atoms with Gasteiger partial charge in [-0.1, -0.05) is 11.6 Å². The minimum atomic E-state index is -1.07. The van der Waals surface area contributed by atoms with Crippen molar-refractivity contribution >= 4 is 23.4 Å². The van der Waals surface area contributed by atoms with Gasteiger partial charge in [0.2, 0.25) is 0 Å². The molecule has 1 heterocycles. The zero-order valence-corrected chi connectivity index (χ0v) is 8.91. The van der Waals surface area contributed by atoms with Gasteiger partial charge in [-0.15, -0.1) is 0 Å². The molecule has 0 atom stereocenters. The Bertz CT molecular complexity index is 357. The SMILES string of the molecule is COCCNc1cc(C(=O)O)c(Cl)cn1. The highest BCUT2D eigenvalue weighted by molar-refractivity contribution is 6.33. The van der Waals surface area contributed by atoms with Gasteiger partial charge in [-0.25, -0.2) is 9.78 Å². The first-order valence-electron chi connectivity index (χ1n) is 4.27. The van der Waals surface area contributed by atoms with Gasteiger partial charge >= 0.3 is 5.97 Å². The van der Waals surface area contributed by atoms with Gasteiger partial charge in [-0.05, 0) is 6.07 Å². The largest absolute Gasteiger partial charge is 0.478 e. The monoisotopic (exact) mass is 230 g/mol. The number of aromatic carboxylic acids is 1. The molecule has 0 aromatic carbocycles. The molecule has 82 valence electrons. The van der Waals surface area contributed by atoms with Crippen molar-refractivity contribution in [2.24, 2.45) is 0 Å². The molecule has 1 aromatic rings. The molecule has 1 rings (SSSR count). The van der Waals surface area contributed by atoms with E-state index in [1.165, 1.54) is 12.3 Å². The lowest BCUT2D eigenvalue weighted by molar-refractivity contribution is 0.0697. The fourth-order valence-corrected chi connectivity index (χ4v) is 1.16. The Morgan fingerprint density at radius 3 is 3.07 bits per heavy atom. The molecule has 0 fully saturated rings. The maximum absolute atomic E-state index is 10.7. The Morgan fingerprint density at radius 2 is 2.47 bits per heavy atom. The van der Waals surface area contributed by atoms with E-state index < -0.39 is 5.97 Å². The number of ether oxygens (including phenoxy) is 1. The molecule has 0 unspecified atom stereocenters. The van der Waals surface area contributed by atoms with E-state index in [0.29, 0.717) is 19.0 Å². The summed E-state index contributed by atoms with van der Waals surface area (Å²) in [5.41, 5.74) is 0.0339. The van der Waals surface area contributed by atoms with Crippen LogP contribution in [-0.4, -0.2) is 36.3 Å². The summed E-state index contributed by atoms with van der Waals surface area (Å²) < 4.78 is 4.83. The van der Waals surface area contributed by atoms with E-state index in [9.17, 15) is 4.79 Å². The molecule has 0 aliphatic rings. The van der Waals surface area contributed by atoms with E-state index in [1.807, 2.05) is 0 Å². The van der Waals surface area contributed by atoms with Gasteiger partial charge in [-0.3, -0.25) is 0 Å². The summed E-state index contributed by atoms with van der Waals surface area (Å²) >= 11 is 5.66. The lowest BCUT2D eigenvalue weighted by Crippen LogP contribution is -2.10. The van der Waals surface area contributed by atoms with Crippen molar-refractivity contribution in [1.82, 2.24) is 4.98 Å². The molecule has 0 amide bonds. The van der Waals surface area contributed by atoms with Crippen molar-refractivity contribution in [3.63, 3.8) is 0 Å². The van der Waals surface area contributed by atoms with Gasteiger partial charge in [0.15, 0.2) is 0 Å². The fourth-order valence-electron chi connectivity index (χ4n) is 0.980. The van der Waals surface area contributed by atoms with Crippen LogP contribution in [0, 0.1) is 0 Å². The average Bonchev–Trinajstić information content (AvgIpc) is 2.20. The summed E-state index contributed by atoms with van der Waals surface area (Å²) in [5, 5.41) is 11.8. The van der Waals surface area contributed by atoms with Gasteiger partial charge in [0, 0.05) is 19.9 Å². The predicted octanol–water partition coefficient (Wildman–Crippen LogP) is 1.49. The zero-order valence-electron chi connectivity index (χ0n) is 8.16. The highest BCUT2D eigenvalue weighted by Crippen LogP contribution is 2.17. The molecule has 0 aliphatic carbocycles. The van der Waals surface area contributed by atoms with E-state index in [4.69, 9.17) is 21.4 Å². The number of carbonyl (C=O) groups is 1. The third-order valence-corrected chi connectivity index (χ3v) is 2.00. The van der Waals surface area contributed by atoms with Crippen LogP contribution in [0.1, 0.15) is 10.4 Å². The Balaban J connectivity index is 2.74. The zero-order chi connectivity index (χ0) is 11.3. The second-order valence-electron chi connectivity index (χ2n) is 2.77. The molecule has 0 aliphatic heterocycles. The highest BCUT2D eigenvalue weighted by Gasteiger charge is 2.09. The topological polar surface area (TPSA) is 71.5 Å². The van der Waals surface area contributed by atoms with Gasteiger partial charge in [-0.2, -0.15) is 0 Å². The number of anilines is 1. The van der Waals surface area contributed by atoms with Gasteiger partial charge in [0.1, 0.15) is 5.82 Å². The first-order valence-corrected chi connectivity index (χ1v) is 4.64. The molecule has 5 nitrogen and oxygen atoms in total. The smallest absolute Gasteiger partial charge is 0.337 e. The number of nitrogens with one attached hydrogen (secondary N) is 1. The number of pyridine rings is 1. The van der Waals surface area contributed by atoms with Crippen LogP contribution in [0.15, 0.2) is 12.3 Å². The summed E-state index contributed by atoms with van der Waals surface area (Å²) in [5.74, 6) is -0.606. The molecular formula is C9H11ClN2O3. The normalized spacial score (nSPS) is 10.0. The van der Waals surface area contributed by atoms with E-state index >= 15 is 0 Å². The summed E-state index contributed by atoms with van der Waals surface area (Å²) in [4.78, 5) is 14.7. The van der Waals surface area contributed by atoms with Crippen LogP contribution in [0.2, 0.25) is 5.02 Å². The molecule has 15 heavy (non-hydrogen) atoms. The van der Waals surface area contributed by atoms with E-state index in [2.05, 4.69) is 10.3 Å². The predicted molar refractivity (Wildman–Crippen MR) is 56.6 cm³/mol. The third kappa shape index (κ3) is 3.38. The van der Waals surface area contributed by atoms with Gasteiger partial charge < -0.3 is 15.2 Å². The lowest BCUT2D eigenvalue weighted by atomic mass is 10.2. The van der Waals surface area contributed by atoms with Crippen molar-refractivity contribution < 1.29 is 14.6 Å². The first kappa shape index (κ1) is 11.7. The van der Waals surface area contributed by atoms with Crippen LogP contribution < -0.4 is 5.32 Å². The third-order valence-electron chi connectivity index (χ3n) is 1.70. The van der Waals surface area contributed by atoms with E-state index in [-0.39, 0.29) is 10.6 Å². The van der Waals surface area contributed by atoms with E-state index in [1.54, 1.807) is 7.11 Å². The summed E-state index contributed by atoms with van der Waals surface area (Å²) in [6.07, 6.45) is 1.31. The Kier molecular flexibility index (Phi) is 4.33. The first-order chi connectivity index (χ1) is 7.15. The quantitative estimate of drug-likeness (QED) is 0.750. The number of carboxylic acid groups (broad SMARTS) is 1. The minimum absolute atomic E-state index is 0.0339. The van der Waals surface area contributed by atoms with Crippen molar-refractivity contribution in [3.05, 3.63) is 22.8 Å². The summed E-state index contributed by atoms with van der Waals surface area (Å²) in [6, 6.07) is 1.39. The van der Waals surface area contributed by atoms with Crippen molar-refractivity contribution in [1.29, 1.82) is 0 Å². The Morgan fingerprint density at radius 1 is 1.73 bits per heavy atom. The summed E-state index contributed by atoms with van der Waals surface area (Å²) in [6.45, 7) is 1.08. The van der Waals surface area contributed by atoms with Crippen molar-refractivity contribution in [2.45, 2.75) is 0 Å². The molecule has 1 aromatic heterocycles. The number of nitrogens with zero attached hydrogens (tertiary/aromatic N) is 1. The standard InChI is InChI=1S/C9H11ClN2O3/c1-15-3-2-11-8-4-6(9(13)14)7(10)5-12-8/h4-5H,2-3H2,1H3,(H,11,12)(H,13,14). The number of carboxylic acids is 1. The molecule has 0 bridgehead atoms. The molecule has 6 heteroatoms. The maximum atomic E-state index is 10.7. The van der Waals surface area contributed by atoms with Crippen molar-refractivity contribution in [3.8, 4) is 0 Å². The average molecular weight is 231 g/mol. The fraction of sp³-hybridized carbons (Fsp3) is 0.333. The Hall–Kier alpha value is -1.33.